The van der Waals surface area contributed by atoms with Crippen molar-refractivity contribution in [1.82, 2.24) is 9.88 Å². The van der Waals surface area contributed by atoms with E-state index in [1.165, 1.54) is 4.90 Å². The molecule has 186 valence electrons. The Morgan fingerprint density at radius 2 is 1.76 bits per heavy atom. The Bertz CT molecular complexity index is 1060. The maximum absolute atomic E-state index is 13.3. The van der Waals surface area contributed by atoms with Gasteiger partial charge in [0.1, 0.15) is 17.0 Å². The first-order valence-electron chi connectivity index (χ1n) is 11.1. The number of anilines is 1. The Morgan fingerprint density at radius 1 is 1.03 bits per heavy atom. The number of carbonyl (C=O) groups excluding carboxylic acids is 1. The molecule has 0 unspecified atom stereocenters. The number of halogens is 1. The molecule has 3 aromatic rings. The predicted molar refractivity (Wildman–Crippen MR) is 147 cm³/mol. The van der Waals surface area contributed by atoms with Crippen LogP contribution in [0.2, 0.25) is 0 Å². The van der Waals surface area contributed by atoms with Crippen molar-refractivity contribution in [3.63, 3.8) is 0 Å². The van der Waals surface area contributed by atoms with Gasteiger partial charge in [-0.05, 0) is 82.1 Å². The fourth-order valence-electron chi connectivity index (χ4n) is 3.47. The minimum absolute atomic E-state index is 0. The molecule has 0 N–H and O–H groups in total. The molecule has 0 spiro atoms. The number of hydrogen-bond donors (Lipinski definition) is 0. The first-order chi connectivity index (χ1) is 15.9. The van der Waals surface area contributed by atoms with Crippen LogP contribution in [0.15, 0.2) is 41.3 Å². The van der Waals surface area contributed by atoms with E-state index in [4.69, 9.17) is 14.5 Å². The molecule has 3 rings (SSSR count). The average molecular weight is 524 g/mol. The van der Waals surface area contributed by atoms with Gasteiger partial charge in [0.15, 0.2) is 5.13 Å². The lowest BCUT2D eigenvalue weighted by Gasteiger charge is -2.21. The number of benzene rings is 2. The predicted octanol–water partition coefficient (Wildman–Crippen LogP) is 5.90. The molecule has 2 aromatic carbocycles. The van der Waals surface area contributed by atoms with E-state index in [1.54, 1.807) is 37.3 Å². The van der Waals surface area contributed by atoms with E-state index in [-0.39, 0.29) is 18.3 Å². The van der Waals surface area contributed by atoms with E-state index in [0.29, 0.717) is 13.0 Å². The zero-order valence-corrected chi connectivity index (χ0v) is 22.9. The first-order valence-corrected chi connectivity index (χ1v) is 12.9. The molecule has 0 saturated heterocycles. The molecule has 34 heavy (non-hydrogen) atoms. The van der Waals surface area contributed by atoms with Gasteiger partial charge in [-0.1, -0.05) is 17.4 Å². The van der Waals surface area contributed by atoms with Crippen LogP contribution in [0.4, 0.5) is 5.13 Å². The molecule has 0 radical (unpaired) electrons. The van der Waals surface area contributed by atoms with Crippen molar-refractivity contribution in [3.8, 4) is 11.5 Å². The zero-order chi connectivity index (χ0) is 23.8. The summed E-state index contributed by atoms with van der Waals surface area (Å²) in [5, 5.41) is 0.754. The summed E-state index contributed by atoms with van der Waals surface area (Å²) in [6, 6.07) is 12.0. The molecule has 9 heteroatoms. The van der Waals surface area contributed by atoms with Crippen molar-refractivity contribution in [3.05, 3.63) is 42.0 Å². The molecule has 0 aliphatic carbocycles. The largest absolute Gasteiger partial charge is 0.497 e. The van der Waals surface area contributed by atoms with Gasteiger partial charge in [0.05, 0.1) is 18.9 Å². The van der Waals surface area contributed by atoms with Crippen LogP contribution in [0, 0.1) is 6.92 Å². The first kappa shape index (κ1) is 28.2. The van der Waals surface area contributed by atoms with E-state index in [0.717, 1.165) is 57.5 Å². The van der Waals surface area contributed by atoms with Crippen LogP contribution in [-0.2, 0) is 4.79 Å². The Balaban J connectivity index is 0.00000408. The van der Waals surface area contributed by atoms with Gasteiger partial charge in [0.2, 0.25) is 5.91 Å². The van der Waals surface area contributed by atoms with Crippen LogP contribution in [0.5, 0.6) is 11.5 Å². The molecular formula is C25H34ClN3O3S2. The van der Waals surface area contributed by atoms with Gasteiger partial charge in [-0.2, -0.15) is 0 Å². The van der Waals surface area contributed by atoms with Crippen molar-refractivity contribution in [1.29, 1.82) is 0 Å². The summed E-state index contributed by atoms with van der Waals surface area (Å²) in [6.45, 7) is 3.65. The topological polar surface area (TPSA) is 54.9 Å². The standard InChI is InChI=1S/C25H33N3O3S2.ClH/c1-18-9-14-21(31-5)23-24(18)33-25(26-23)28(16-7-15-27(2)3)22(29)8-6-17-32-20-12-10-19(30-4)11-13-20;/h9-14H,6-8,15-17H2,1-5H3;1H. The minimum Gasteiger partial charge on any atom is -0.497 e. The van der Waals surface area contributed by atoms with Crippen LogP contribution >= 0.6 is 35.5 Å². The molecule has 1 heterocycles. The van der Waals surface area contributed by atoms with E-state index >= 15 is 0 Å². The second-order valence-corrected chi connectivity index (χ2v) is 10.2. The van der Waals surface area contributed by atoms with Crippen molar-refractivity contribution in [2.45, 2.75) is 31.1 Å². The summed E-state index contributed by atoms with van der Waals surface area (Å²) >= 11 is 3.33. The number of aryl methyl sites for hydroxylation is 1. The molecule has 0 fully saturated rings. The van der Waals surface area contributed by atoms with Gasteiger partial charge in [0, 0.05) is 17.9 Å². The monoisotopic (exact) mass is 523 g/mol. The lowest BCUT2D eigenvalue weighted by molar-refractivity contribution is -0.118. The van der Waals surface area contributed by atoms with Gasteiger partial charge in [-0.3, -0.25) is 9.69 Å². The second-order valence-electron chi connectivity index (χ2n) is 8.09. The number of thioether (sulfide) groups is 1. The number of fused-ring (bicyclic) bond motifs is 1. The van der Waals surface area contributed by atoms with Crippen LogP contribution < -0.4 is 14.4 Å². The highest BCUT2D eigenvalue weighted by Crippen LogP contribution is 2.36. The molecule has 6 nitrogen and oxygen atoms in total. The molecule has 1 aromatic heterocycles. The smallest absolute Gasteiger partial charge is 0.228 e. The summed E-state index contributed by atoms with van der Waals surface area (Å²) in [7, 11) is 7.42. The van der Waals surface area contributed by atoms with Crippen molar-refractivity contribution in [2.75, 3.05) is 52.1 Å². The van der Waals surface area contributed by atoms with Gasteiger partial charge < -0.3 is 14.4 Å². The zero-order valence-electron chi connectivity index (χ0n) is 20.5. The number of aromatic nitrogens is 1. The number of hydrogen-bond acceptors (Lipinski definition) is 7. The summed E-state index contributed by atoms with van der Waals surface area (Å²) in [4.78, 5) is 23.3. The lowest BCUT2D eigenvalue weighted by Crippen LogP contribution is -2.33. The van der Waals surface area contributed by atoms with Gasteiger partial charge >= 0.3 is 0 Å². The average Bonchev–Trinajstić information content (AvgIpc) is 3.26. The number of thiazole rings is 1. The molecule has 0 atom stereocenters. The Kier molecular flexibility index (Phi) is 11.4. The summed E-state index contributed by atoms with van der Waals surface area (Å²) in [5.74, 6) is 2.61. The fourth-order valence-corrected chi connectivity index (χ4v) is 5.42. The Labute approximate surface area is 217 Å². The summed E-state index contributed by atoms with van der Waals surface area (Å²) in [5.41, 5.74) is 1.98. The summed E-state index contributed by atoms with van der Waals surface area (Å²) < 4.78 is 11.8. The molecule has 0 aliphatic rings. The quantitative estimate of drug-likeness (QED) is 0.217. The number of ether oxygens (including phenoxy) is 2. The van der Waals surface area contributed by atoms with Gasteiger partial charge in [-0.15, -0.1) is 24.2 Å². The van der Waals surface area contributed by atoms with Crippen molar-refractivity contribution >= 4 is 56.8 Å². The van der Waals surface area contributed by atoms with Crippen LogP contribution in [-0.4, -0.2) is 62.9 Å². The van der Waals surface area contributed by atoms with Crippen molar-refractivity contribution < 1.29 is 14.3 Å². The van der Waals surface area contributed by atoms with E-state index in [1.807, 2.05) is 29.2 Å². The number of rotatable bonds is 12. The Hall–Kier alpha value is -2.00. The third-order valence-electron chi connectivity index (χ3n) is 5.29. The molecule has 1 amide bonds. The van der Waals surface area contributed by atoms with Crippen LogP contribution in [0.3, 0.4) is 0 Å². The van der Waals surface area contributed by atoms with E-state index in [9.17, 15) is 4.79 Å². The minimum atomic E-state index is 0. The summed E-state index contributed by atoms with van der Waals surface area (Å²) in [6.07, 6.45) is 2.20. The second kappa shape index (κ2) is 13.8. The van der Waals surface area contributed by atoms with E-state index < -0.39 is 0 Å². The lowest BCUT2D eigenvalue weighted by atomic mass is 10.2. The third kappa shape index (κ3) is 7.50. The number of amides is 1. The Morgan fingerprint density at radius 3 is 2.41 bits per heavy atom. The molecular weight excluding hydrogens is 490 g/mol. The molecule has 0 aliphatic heterocycles. The number of carbonyl (C=O) groups is 1. The van der Waals surface area contributed by atoms with Crippen LogP contribution in [0.25, 0.3) is 10.2 Å². The fraction of sp³-hybridized carbons (Fsp3) is 0.440. The highest BCUT2D eigenvalue weighted by atomic mass is 35.5. The number of nitrogens with zero attached hydrogens (tertiary/aromatic N) is 3. The number of methoxy groups -OCH3 is 2. The molecule has 0 saturated carbocycles. The maximum atomic E-state index is 13.3. The maximum Gasteiger partial charge on any atom is 0.228 e. The van der Waals surface area contributed by atoms with E-state index in [2.05, 4.69) is 38.1 Å². The van der Waals surface area contributed by atoms with Crippen LogP contribution in [0.1, 0.15) is 24.8 Å². The van der Waals surface area contributed by atoms with Gasteiger partial charge in [0.25, 0.3) is 0 Å². The van der Waals surface area contributed by atoms with Crippen molar-refractivity contribution in [2.24, 2.45) is 0 Å². The third-order valence-corrected chi connectivity index (χ3v) is 7.61. The highest BCUT2D eigenvalue weighted by molar-refractivity contribution is 7.99. The molecule has 0 bridgehead atoms. The SMILES string of the molecule is COc1ccc(SCCCC(=O)N(CCCN(C)C)c2nc3c(OC)ccc(C)c3s2)cc1.Cl. The normalized spacial score (nSPS) is 10.9. The van der Waals surface area contributed by atoms with Gasteiger partial charge in [-0.25, -0.2) is 4.98 Å². The highest BCUT2D eigenvalue weighted by Gasteiger charge is 2.21.